The van der Waals surface area contributed by atoms with Crippen molar-refractivity contribution in [2.24, 2.45) is 0 Å². The first-order valence-electron chi connectivity index (χ1n) is 10.1. The van der Waals surface area contributed by atoms with Gasteiger partial charge in [-0.25, -0.2) is 9.37 Å². The Balaban J connectivity index is 1.77. The maximum atomic E-state index is 13.6. The van der Waals surface area contributed by atoms with E-state index in [1.54, 1.807) is 19.1 Å². The second kappa shape index (κ2) is 7.52. The molecular weight excluding hydrogens is 375 g/mol. The monoisotopic (exact) mass is 400 g/mol. The molecule has 0 aliphatic rings. The zero-order valence-electron chi connectivity index (χ0n) is 17.7. The van der Waals surface area contributed by atoms with Gasteiger partial charge in [-0.15, -0.1) is 0 Å². The largest absolute Gasteiger partial charge is 0.316 e. The highest BCUT2D eigenvalue weighted by molar-refractivity contribution is 5.97. The van der Waals surface area contributed by atoms with E-state index in [4.69, 9.17) is 4.98 Å². The topological polar surface area (TPSA) is 34.9 Å². The number of rotatable bonds is 4. The summed E-state index contributed by atoms with van der Waals surface area (Å²) in [6.45, 7) is 8.35. The highest BCUT2D eigenvalue weighted by atomic mass is 19.1. The molecule has 3 aromatic carbocycles. The van der Waals surface area contributed by atoms with Crippen LogP contribution >= 0.6 is 0 Å². The van der Waals surface area contributed by atoms with Crippen molar-refractivity contribution in [2.75, 3.05) is 0 Å². The molecule has 0 radical (unpaired) electrons. The molecule has 1 aromatic heterocycles. The number of fused-ring (bicyclic) bond motifs is 1. The molecule has 0 fully saturated rings. The Kier molecular flexibility index (Phi) is 5.02. The number of carbonyl (C=O) groups excluding carboxylic acids is 1. The summed E-state index contributed by atoms with van der Waals surface area (Å²) >= 11 is 0. The number of carbonyl (C=O) groups is 1. The highest BCUT2D eigenvalue weighted by Gasteiger charge is 2.18. The fraction of sp³-hybridized carbons (Fsp3) is 0.231. The Morgan fingerprint density at radius 2 is 1.70 bits per heavy atom. The number of ketones is 1. The summed E-state index contributed by atoms with van der Waals surface area (Å²) in [5, 5.41) is 0. The number of nitrogens with zero attached hydrogens (tertiary/aromatic N) is 2. The van der Waals surface area contributed by atoms with Crippen LogP contribution in [0.25, 0.3) is 22.4 Å². The Morgan fingerprint density at radius 3 is 2.37 bits per heavy atom. The van der Waals surface area contributed by atoms with E-state index < -0.39 is 0 Å². The molecule has 3 nitrogen and oxygen atoms in total. The van der Waals surface area contributed by atoms with E-state index in [9.17, 15) is 9.18 Å². The molecule has 0 saturated heterocycles. The van der Waals surface area contributed by atoms with Crippen molar-refractivity contribution in [3.8, 4) is 11.4 Å². The third-order valence-electron chi connectivity index (χ3n) is 5.45. The number of Topliss-reactive ketones (excluding diaryl/α,β-unsaturated/α-hetero) is 1. The van der Waals surface area contributed by atoms with Crippen LogP contribution in [0.3, 0.4) is 0 Å². The van der Waals surface area contributed by atoms with Gasteiger partial charge in [0.25, 0.3) is 0 Å². The van der Waals surface area contributed by atoms with Gasteiger partial charge in [-0.3, -0.25) is 4.79 Å². The van der Waals surface area contributed by atoms with Gasteiger partial charge < -0.3 is 4.57 Å². The summed E-state index contributed by atoms with van der Waals surface area (Å²) in [4.78, 5) is 17.8. The van der Waals surface area contributed by atoms with Gasteiger partial charge in [0.15, 0.2) is 5.78 Å². The van der Waals surface area contributed by atoms with Crippen molar-refractivity contribution in [2.45, 2.75) is 39.7 Å². The van der Waals surface area contributed by atoms with Crippen molar-refractivity contribution < 1.29 is 9.18 Å². The molecule has 0 unspecified atom stereocenters. The molecule has 152 valence electrons. The van der Waals surface area contributed by atoms with Crippen LogP contribution in [-0.4, -0.2) is 15.3 Å². The van der Waals surface area contributed by atoms with Gasteiger partial charge in [0.1, 0.15) is 11.6 Å². The summed E-state index contributed by atoms with van der Waals surface area (Å²) in [5.41, 5.74) is 4.98. The fourth-order valence-electron chi connectivity index (χ4n) is 3.63. The van der Waals surface area contributed by atoms with Gasteiger partial charge in [0.2, 0.25) is 0 Å². The van der Waals surface area contributed by atoms with Gasteiger partial charge in [-0.05, 0) is 53.8 Å². The molecule has 0 N–H and O–H groups in total. The van der Waals surface area contributed by atoms with E-state index in [0.717, 1.165) is 22.4 Å². The van der Waals surface area contributed by atoms with E-state index in [1.807, 2.05) is 28.8 Å². The van der Waals surface area contributed by atoms with E-state index >= 15 is 0 Å². The standard InChI is InChI=1S/C26H25FN2O/c1-17-15-19(11-14-21(17)27)24(30)16-29-23-8-6-5-7-22(23)28-25(29)18-9-12-20(13-10-18)26(2,3)4/h5-15H,16H2,1-4H3. The quantitative estimate of drug-likeness (QED) is 0.375. The maximum Gasteiger partial charge on any atom is 0.182 e. The first-order valence-corrected chi connectivity index (χ1v) is 10.1. The number of hydrogen-bond donors (Lipinski definition) is 0. The summed E-state index contributed by atoms with van der Waals surface area (Å²) in [5.74, 6) is 0.372. The number of imidazole rings is 1. The molecule has 4 aromatic rings. The number of halogens is 1. The van der Waals surface area contributed by atoms with E-state index in [-0.39, 0.29) is 23.6 Å². The van der Waals surface area contributed by atoms with Crippen LogP contribution in [0.1, 0.15) is 42.3 Å². The van der Waals surface area contributed by atoms with Gasteiger partial charge in [0.05, 0.1) is 17.6 Å². The minimum Gasteiger partial charge on any atom is -0.316 e. The first kappa shape index (κ1) is 20.0. The molecule has 0 amide bonds. The number of aryl methyl sites for hydroxylation is 1. The Labute approximate surface area is 176 Å². The SMILES string of the molecule is Cc1cc(C(=O)Cn2c(-c3ccc(C(C)(C)C)cc3)nc3ccccc32)ccc1F. The number of benzene rings is 3. The maximum absolute atomic E-state index is 13.6. The Hall–Kier alpha value is -3.27. The molecule has 4 heteroatoms. The lowest BCUT2D eigenvalue weighted by molar-refractivity contribution is 0.0973. The smallest absolute Gasteiger partial charge is 0.182 e. The fourth-order valence-corrected chi connectivity index (χ4v) is 3.63. The van der Waals surface area contributed by atoms with Crippen LogP contribution in [0.4, 0.5) is 4.39 Å². The number of aromatic nitrogens is 2. The summed E-state index contributed by atoms with van der Waals surface area (Å²) < 4.78 is 15.6. The summed E-state index contributed by atoms with van der Waals surface area (Å²) in [6.07, 6.45) is 0. The molecule has 1 heterocycles. The number of hydrogen-bond acceptors (Lipinski definition) is 2. The Bertz CT molecular complexity index is 1230. The minimum atomic E-state index is -0.306. The molecule has 30 heavy (non-hydrogen) atoms. The molecular formula is C26H25FN2O. The van der Waals surface area contributed by atoms with Crippen LogP contribution in [0.5, 0.6) is 0 Å². The van der Waals surface area contributed by atoms with Gasteiger partial charge in [-0.2, -0.15) is 0 Å². The van der Waals surface area contributed by atoms with Crippen LogP contribution < -0.4 is 0 Å². The lowest BCUT2D eigenvalue weighted by Crippen LogP contribution is -2.13. The van der Waals surface area contributed by atoms with Crippen LogP contribution in [0.15, 0.2) is 66.7 Å². The molecule has 0 bridgehead atoms. The predicted octanol–water partition coefficient (Wildman–Crippen LogP) is 6.33. The van der Waals surface area contributed by atoms with E-state index in [1.165, 1.54) is 11.6 Å². The molecule has 0 saturated carbocycles. The number of para-hydroxylation sites is 2. The summed E-state index contributed by atoms with van der Waals surface area (Å²) in [6, 6.07) is 20.7. The highest BCUT2D eigenvalue weighted by Crippen LogP contribution is 2.28. The molecule has 0 aliphatic carbocycles. The normalized spacial score (nSPS) is 11.8. The zero-order chi connectivity index (χ0) is 21.5. The van der Waals surface area contributed by atoms with Crippen LogP contribution in [-0.2, 0) is 12.0 Å². The second-order valence-corrected chi connectivity index (χ2v) is 8.72. The third-order valence-corrected chi connectivity index (χ3v) is 5.45. The molecule has 0 aliphatic heterocycles. The zero-order valence-corrected chi connectivity index (χ0v) is 17.7. The van der Waals surface area contributed by atoms with Gasteiger partial charge in [0, 0.05) is 11.1 Å². The summed E-state index contributed by atoms with van der Waals surface area (Å²) in [7, 11) is 0. The first-order chi connectivity index (χ1) is 14.2. The van der Waals surface area contributed by atoms with Crippen LogP contribution in [0.2, 0.25) is 0 Å². The minimum absolute atomic E-state index is 0.0646. The molecule has 0 atom stereocenters. The van der Waals surface area contributed by atoms with Crippen molar-refractivity contribution in [1.82, 2.24) is 9.55 Å². The average molecular weight is 400 g/mol. The van der Waals surface area contributed by atoms with Crippen molar-refractivity contribution >= 4 is 16.8 Å². The molecule has 4 rings (SSSR count). The molecule has 0 spiro atoms. The van der Waals surface area contributed by atoms with Gasteiger partial charge in [-0.1, -0.05) is 57.2 Å². The average Bonchev–Trinajstić information content (AvgIpc) is 3.08. The van der Waals surface area contributed by atoms with Gasteiger partial charge >= 0.3 is 0 Å². The Morgan fingerprint density at radius 1 is 1.00 bits per heavy atom. The van der Waals surface area contributed by atoms with Crippen LogP contribution in [0, 0.1) is 12.7 Å². The third kappa shape index (κ3) is 3.78. The van der Waals surface area contributed by atoms with E-state index in [0.29, 0.717) is 11.1 Å². The predicted molar refractivity (Wildman–Crippen MR) is 119 cm³/mol. The lowest BCUT2D eigenvalue weighted by atomic mass is 9.87. The van der Waals surface area contributed by atoms with Crippen molar-refractivity contribution in [1.29, 1.82) is 0 Å². The van der Waals surface area contributed by atoms with E-state index in [2.05, 4.69) is 45.0 Å². The second-order valence-electron chi connectivity index (χ2n) is 8.72. The lowest BCUT2D eigenvalue weighted by Gasteiger charge is -2.19. The van der Waals surface area contributed by atoms with Crippen molar-refractivity contribution in [3.63, 3.8) is 0 Å². The van der Waals surface area contributed by atoms with Crippen molar-refractivity contribution in [3.05, 3.63) is 89.2 Å².